The number of likely N-dealkylation sites (tertiary alicyclic amines) is 1. The third kappa shape index (κ3) is 3.35. The molecule has 25 heavy (non-hydrogen) atoms. The number of nitrogens with one attached hydrogen (secondary N) is 1. The summed E-state index contributed by atoms with van der Waals surface area (Å²) in [7, 11) is 3.65. The van der Waals surface area contributed by atoms with Crippen molar-refractivity contribution in [2.45, 2.75) is 52.1 Å². The molecule has 1 fully saturated rings. The lowest BCUT2D eigenvalue weighted by atomic mass is 9.98. The molecule has 0 unspecified atom stereocenters. The SMILES string of the molecule is CCc1noc(C)c1CN1CCCC[C@H]1c1ccc(C(=O)NC)n1C. The van der Waals surface area contributed by atoms with Crippen molar-refractivity contribution in [1.82, 2.24) is 19.9 Å². The van der Waals surface area contributed by atoms with Gasteiger partial charge in [-0.15, -0.1) is 0 Å². The average Bonchev–Trinajstić information content (AvgIpc) is 3.18. The summed E-state index contributed by atoms with van der Waals surface area (Å²) in [6.45, 7) is 6.01. The average molecular weight is 344 g/mol. The first-order valence-electron chi connectivity index (χ1n) is 9.12. The number of amides is 1. The summed E-state index contributed by atoms with van der Waals surface area (Å²) in [6, 6.07) is 4.33. The van der Waals surface area contributed by atoms with Gasteiger partial charge >= 0.3 is 0 Å². The van der Waals surface area contributed by atoms with Crippen molar-refractivity contribution in [3.8, 4) is 0 Å². The Morgan fingerprint density at radius 2 is 2.20 bits per heavy atom. The molecule has 1 N–H and O–H groups in total. The highest BCUT2D eigenvalue weighted by Crippen LogP contribution is 2.34. The van der Waals surface area contributed by atoms with E-state index in [4.69, 9.17) is 4.52 Å². The molecular formula is C19H28N4O2. The van der Waals surface area contributed by atoms with Crippen LogP contribution in [0.1, 0.15) is 65.4 Å². The molecule has 1 aliphatic rings. The molecule has 6 nitrogen and oxygen atoms in total. The number of piperidine rings is 1. The minimum Gasteiger partial charge on any atom is -0.361 e. The number of aryl methyl sites for hydroxylation is 2. The van der Waals surface area contributed by atoms with Gasteiger partial charge in [0.1, 0.15) is 11.5 Å². The third-order valence-corrected chi connectivity index (χ3v) is 5.34. The molecule has 0 bridgehead atoms. The van der Waals surface area contributed by atoms with Gasteiger partial charge in [-0.1, -0.05) is 18.5 Å². The second-order valence-corrected chi connectivity index (χ2v) is 6.78. The highest BCUT2D eigenvalue weighted by atomic mass is 16.5. The quantitative estimate of drug-likeness (QED) is 0.906. The fourth-order valence-corrected chi connectivity index (χ4v) is 3.85. The van der Waals surface area contributed by atoms with Crippen LogP contribution in [0.15, 0.2) is 16.7 Å². The number of hydrogen-bond donors (Lipinski definition) is 1. The molecule has 136 valence electrons. The van der Waals surface area contributed by atoms with E-state index in [1.807, 2.05) is 24.6 Å². The molecule has 3 heterocycles. The molecule has 3 rings (SSSR count). The van der Waals surface area contributed by atoms with Crippen molar-refractivity contribution in [3.63, 3.8) is 0 Å². The van der Waals surface area contributed by atoms with E-state index in [0.717, 1.165) is 37.4 Å². The largest absolute Gasteiger partial charge is 0.361 e. The van der Waals surface area contributed by atoms with Crippen LogP contribution in [0.25, 0.3) is 0 Å². The van der Waals surface area contributed by atoms with Gasteiger partial charge in [-0.3, -0.25) is 9.69 Å². The standard InChI is InChI=1S/C19H28N4O2/c1-5-15-14(13(2)25-21-15)12-23-11-7-6-8-17(23)16-9-10-18(22(16)4)19(24)20-3/h9-10,17H,5-8,11-12H2,1-4H3,(H,20,24)/t17-/m0/s1. The van der Waals surface area contributed by atoms with Crippen molar-refractivity contribution in [2.24, 2.45) is 7.05 Å². The maximum atomic E-state index is 12.0. The molecule has 1 atom stereocenters. The molecule has 2 aromatic heterocycles. The van der Waals surface area contributed by atoms with Gasteiger partial charge in [0.05, 0.1) is 11.7 Å². The number of rotatable bonds is 5. The molecule has 1 aliphatic heterocycles. The Bertz CT molecular complexity index is 747. The summed E-state index contributed by atoms with van der Waals surface area (Å²) in [5, 5.41) is 6.91. The molecule has 0 spiro atoms. The number of hydrogen-bond acceptors (Lipinski definition) is 4. The first kappa shape index (κ1) is 17.7. The second kappa shape index (κ2) is 7.44. The summed E-state index contributed by atoms with van der Waals surface area (Å²) < 4.78 is 7.44. The van der Waals surface area contributed by atoms with E-state index >= 15 is 0 Å². The lowest BCUT2D eigenvalue weighted by molar-refractivity contribution is 0.0952. The van der Waals surface area contributed by atoms with Gasteiger partial charge in [0.25, 0.3) is 5.91 Å². The maximum absolute atomic E-state index is 12.0. The molecular weight excluding hydrogens is 316 g/mol. The van der Waals surface area contributed by atoms with E-state index in [1.165, 1.54) is 24.1 Å². The minimum atomic E-state index is -0.0424. The van der Waals surface area contributed by atoms with Crippen molar-refractivity contribution >= 4 is 5.91 Å². The van der Waals surface area contributed by atoms with E-state index in [0.29, 0.717) is 11.7 Å². The summed E-state index contributed by atoms with van der Waals surface area (Å²) in [5.74, 6) is 0.873. The Morgan fingerprint density at radius 3 is 2.92 bits per heavy atom. The Labute approximate surface area is 149 Å². The predicted octanol–water partition coefficient (Wildman–Crippen LogP) is 2.97. The summed E-state index contributed by atoms with van der Waals surface area (Å²) in [5.41, 5.74) is 4.18. The van der Waals surface area contributed by atoms with Crippen molar-refractivity contribution in [1.29, 1.82) is 0 Å². The van der Waals surface area contributed by atoms with E-state index in [1.54, 1.807) is 7.05 Å². The van der Waals surface area contributed by atoms with Crippen LogP contribution in [-0.2, 0) is 20.0 Å². The minimum absolute atomic E-state index is 0.0424. The Kier molecular flexibility index (Phi) is 5.27. The highest BCUT2D eigenvalue weighted by Gasteiger charge is 2.29. The van der Waals surface area contributed by atoms with Crippen LogP contribution in [0.4, 0.5) is 0 Å². The maximum Gasteiger partial charge on any atom is 0.267 e. The first-order valence-corrected chi connectivity index (χ1v) is 9.12. The van der Waals surface area contributed by atoms with E-state index in [-0.39, 0.29) is 5.91 Å². The van der Waals surface area contributed by atoms with Crippen molar-refractivity contribution in [2.75, 3.05) is 13.6 Å². The molecule has 0 saturated carbocycles. The van der Waals surface area contributed by atoms with Gasteiger partial charge in [0, 0.05) is 31.9 Å². The van der Waals surface area contributed by atoms with Crippen LogP contribution in [0.3, 0.4) is 0 Å². The number of aromatic nitrogens is 2. The van der Waals surface area contributed by atoms with Crippen molar-refractivity contribution < 1.29 is 9.32 Å². The topological polar surface area (TPSA) is 63.3 Å². The monoisotopic (exact) mass is 344 g/mol. The fourth-order valence-electron chi connectivity index (χ4n) is 3.85. The van der Waals surface area contributed by atoms with E-state index < -0.39 is 0 Å². The Balaban J connectivity index is 1.88. The molecule has 2 aromatic rings. The first-order chi connectivity index (χ1) is 12.1. The third-order valence-electron chi connectivity index (χ3n) is 5.34. The molecule has 0 aromatic carbocycles. The van der Waals surface area contributed by atoms with Crippen LogP contribution in [-0.4, -0.2) is 34.1 Å². The lowest BCUT2D eigenvalue weighted by Gasteiger charge is -2.36. The normalized spacial score (nSPS) is 18.5. The van der Waals surface area contributed by atoms with E-state index in [2.05, 4.69) is 28.4 Å². The zero-order valence-electron chi connectivity index (χ0n) is 15.6. The lowest BCUT2D eigenvalue weighted by Crippen LogP contribution is -2.34. The predicted molar refractivity (Wildman–Crippen MR) is 96.4 cm³/mol. The van der Waals surface area contributed by atoms with Gasteiger partial charge in [0.2, 0.25) is 0 Å². The van der Waals surface area contributed by atoms with Crippen LogP contribution in [0, 0.1) is 6.92 Å². The van der Waals surface area contributed by atoms with Crippen LogP contribution < -0.4 is 5.32 Å². The van der Waals surface area contributed by atoms with Crippen LogP contribution in [0.5, 0.6) is 0 Å². The number of carbonyl (C=O) groups is 1. The summed E-state index contributed by atoms with van der Waals surface area (Å²) in [6.07, 6.45) is 4.41. The molecule has 6 heteroatoms. The van der Waals surface area contributed by atoms with Gasteiger partial charge in [-0.2, -0.15) is 0 Å². The van der Waals surface area contributed by atoms with Crippen LogP contribution >= 0.6 is 0 Å². The summed E-state index contributed by atoms with van der Waals surface area (Å²) in [4.78, 5) is 14.5. The van der Waals surface area contributed by atoms with Gasteiger partial charge in [-0.05, 0) is 44.9 Å². The van der Waals surface area contributed by atoms with E-state index in [9.17, 15) is 4.79 Å². The summed E-state index contributed by atoms with van der Waals surface area (Å²) >= 11 is 0. The van der Waals surface area contributed by atoms with Gasteiger partial charge < -0.3 is 14.4 Å². The van der Waals surface area contributed by atoms with Crippen molar-refractivity contribution in [3.05, 3.63) is 40.5 Å². The van der Waals surface area contributed by atoms with Crippen LogP contribution in [0.2, 0.25) is 0 Å². The number of nitrogens with zero attached hydrogens (tertiary/aromatic N) is 3. The smallest absolute Gasteiger partial charge is 0.267 e. The molecule has 1 saturated heterocycles. The van der Waals surface area contributed by atoms with Gasteiger partial charge in [-0.25, -0.2) is 0 Å². The highest BCUT2D eigenvalue weighted by molar-refractivity contribution is 5.92. The molecule has 0 aliphatic carbocycles. The fraction of sp³-hybridized carbons (Fsp3) is 0.579. The Morgan fingerprint density at radius 1 is 1.40 bits per heavy atom. The second-order valence-electron chi connectivity index (χ2n) is 6.78. The van der Waals surface area contributed by atoms with Gasteiger partial charge in [0.15, 0.2) is 0 Å². The Hall–Kier alpha value is -2.08. The number of carbonyl (C=O) groups excluding carboxylic acids is 1. The zero-order valence-corrected chi connectivity index (χ0v) is 15.6. The zero-order chi connectivity index (χ0) is 18.0. The molecule has 1 amide bonds. The molecule has 0 radical (unpaired) electrons.